The second-order valence-corrected chi connectivity index (χ2v) is 9.13. The predicted molar refractivity (Wildman–Crippen MR) is 103 cm³/mol. The summed E-state index contributed by atoms with van der Waals surface area (Å²) in [4.78, 5) is 12.5. The Kier molecular flexibility index (Phi) is 4.87. The van der Waals surface area contributed by atoms with Gasteiger partial charge in [0.25, 0.3) is 0 Å². The Balaban J connectivity index is 2.13. The lowest BCUT2D eigenvalue weighted by atomic mass is 9.49. The minimum atomic E-state index is -0.164. The van der Waals surface area contributed by atoms with Crippen molar-refractivity contribution in [3.05, 3.63) is 34.4 Å². The number of hydrogen-bond acceptors (Lipinski definition) is 2. The first-order valence-electron chi connectivity index (χ1n) is 9.90. The van der Waals surface area contributed by atoms with Crippen LogP contribution in [0.4, 0.5) is 0 Å². The predicted octanol–water partition coefficient (Wildman–Crippen LogP) is 5.56. The van der Waals surface area contributed by atoms with E-state index in [0.717, 1.165) is 25.7 Å². The first-order valence-corrected chi connectivity index (χ1v) is 9.90. The number of Topliss-reactive ketones (excluding diaryl/α,β-unsaturated/α-hetero) is 1. The lowest BCUT2D eigenvalue weighted by Crippen LogP contribution is -2.51. The Hall–Kier alpha value is -1.15. The van der Waals surface area contributed by atoms with E-state index in [0.29, 0.717) is 24.2 Å². The highest BCUT2D eigenvalue weighted by molar-refractivity contribution is 5.83. The van der Waals surface area contributed by atoms with Gasteiger partial charge in [-0.1, -0.05) is 46.2 Å². The second-order valence-electron chi connectivity index (χ2n) is 9.13. The van der Waals surface area contributed by atoms with Crippen molar-refractivity contribution in [2.24, 2.45) is 11.3 Å². The zero-order chi connectivity index (χ0) is 18.4. The van der Waals surface area contributed by atoms with Gasteiger partial charge in [-0.05, 0) is 72.1 Å². The van der Waals surface area contributed by atoms with Gasteiger partial charge < -0.3 is 4.74 Å². The van der Waals surface area contributed by atoms with Crippen LogP contribution >= 0.6 is 0 Å². The fourth-order valence-electron chi connectivity index (χ4n) is 5.82. The summed E-state index contributed by atoms with van der Waals surface area (Å²) in [5.74, 6) is 1.34. The Labute approximate surface area is 153 Å². The molecule has 0 N–H and O–H groups in total. The Bertz CT molecular complexity index is 675. The molecule has 0 amide bonds. The molecule has 1 saturated carbocycles. The van der Waals surface area contributed by atoms with Gasteiger partial charge in [-0.25, -0.2) is 0 Å². The summed E-state index contributed by atoms with van der Waals surface area (Å²) in [7, 11) is 1.78. The molecule has 138 valence electrons. The highest BCUT2D eigenvalue weighted by Gasteiger charge is 2.53. The van der Waals surface area contributed by atoms with E-state index in [2.05, 4.69) is 39.8 Å². The summed E-state index contributed by atoms with van der Waals surface area (Å²) in [6, 6.07) is 4.86. The highest BCUT2D eigenvalue weighted by atomic mass is 16.5. The molecule has 1 aromatic rings. The van der Waals surface area contributed by atoms with Crippen molar-refractivity contribution in [3.63, 3.8) is 0 Å². The van der Waals surface area contributed by atoms with Crippen molar-refractivity contribution in [2.45, 2.75) is 84.7 Å². The van der Waals surface area contributed by atoms with E-state index in [1.807, 2.05) is 0 Å². The third kappa shape index (κ3) is 2.87. The zero-order valence-corrected chi connectivity index (χ0v) is 16.9. The lowest BCUT2D eigenvalue weighted by Gasteiger charge is -2.54. The molecule has 1 aromatic carbocycles. The number of carbonyl (C=O) groups is 1. The number of fused-ring (bicyclic) bond motifs is 3. The maximum absolute atomic E-state index is 12.5. The largest absolute Gasteiger partial charge is 0.380 e. The molecule has 0 bridgehead atoms. The average molecular weight is 343 g/mol. The van der Waals surface area contributed by atoms with Gasteiger partial charge in [0.2, 0.25) is 0 Å². The zero-order valence-electron chi connectivity index (χ0n) is 16.9. The van der Waals surface area contributed by atoms with Crippen molar-refractivity contribution in [3.8, 4) is 0 Å². The molecule has 2 aliphatic rings. The summed E-state index contributed by atoms with van der Waals surface area (Å²) in [6.07, 6.45) is 5.63. The maximum Gasteiger partial charge on any atom is 0.135 e. The number of ether oxygens (including phenoxy) is 1. The molecule has 0 spiro atoms. The minimum absolute atomic E-state index is 0.115. The summed E-state index contributed by atoms with van der Waals surface area (Å²) < 4.78 is 5.50. The molecule has 0 heterocycles. The molecule has 0 aromatic heterocycles. The van der Waals surface area contributed by atoms with Gasteiger partial charge in [-0.3, -0.25) is 4.79 Å². The molecule has 3 rings (SSSR count). The Morgan fingerprint density at radius 1 is 1.28 bits per heavy atom. The normalized spacial score (nSPS) is 31.6. The van der Waals surface area contributed by atoms with E-state index in [-0.39, 0.29) is 10.8 Å². The molecule has 3 unspecified atom stereocenters. The van der Waals surface area contributed by atoms with Crippen molar-refractivity contribution in [1.82, 2.24) is 0 Å². The molecular weight excluding hydrogens is 308 g/mol. The second kappa shape index (κ2) is 6.54. The van der Waals surface area contributed by atoms with Gasteiger partial charge in [0.1, 0.15) is 5.78 Å². The number of aryl methyl sites for hydroxylation is 1. The molecule has 2 aliphatic carbocycles. The third-order valence-electron chi connectivity index (χ3n) is 7.34. The molecular formula is C23H34O2. The van der Waals surface area contributed by atoms with Crippen molar-refractivity contribution >= 4 is 5.78 Å². The third-order valence-corrected chi connectivity index (χ3v) is 7.34. The van der Waals surface area contributed by atoms with Crippen molar-refractivity contribution < 1.29 is 9.53 Å². The topological polar surface area (TPSA) is 26.3 Å². The Morgan fingerprint density at radius 3 is 2.60 bits per heavy atom. The van der Waals surface area contributed by atoms with Gasteiger partial charge in [0.15, 0.2) is 0 Å². The molecule has 2 nitrogen and oxygen atoms in total. The summed E-state index contributed by atoms with van der Waals surface area (Å²) in [5, 5.41) is 0. The van der Waals surface area contributed by atoms with E-state index < -0.39 is 0 Å². The smallest absolute Gasteiger partial charge is 0.135 e. The lowest BCUT2D eigenvalue weighted by molar-refractivity contribution is -0.134. The van der Waals surface area contributed by atoms with E-state index in [1.54, 1.807) is 14.0 Å². The van der Waals surface area contributed by atoms with Gasteiger partial charge >= 0.3 is 0 Å². The number of methoxy groups -OCH3 is 1. The fourth-order valence-corrected chi connectivity index (χ4v) is 5.82. The van der Waals surface area contributed by atoms with Gasteiger partial charge in [0, 0.05) is 12.5 Å². The molecule has 0 saturated heterocycles. The molecule has 3 atom stereocenters. The monoisotopic (exact) mass is 342 g/mol. The summed E-state index contributed by atoms with van der Waals surface area (Å²) in [6.45, 7) is 11.6. The highest BCUT2D eigenvalue weighted by Crippen LogP contribution is 2.57. The van der Waals surface area contributed by atoms with Crippen LogP contribution in [-0.4, -0.2) is 12.9 Å². The van der Waals surface area contributed by atoms with Crippen LogP contribution in [0.3, 0.4) is 0 Å². The molecule has 0 radical (unpaired) electrons. The van der Waals surface area contributed by atoms with Crippen LogP contribution in [0.2, 0.25) is 0 Å². The molecule has 0 aliphatic heterocycles. The van der Waals surface area contributed by atoms with E-state index in [9.17, 15) is 4.79 Å². The molecule has 1 fully saturated rings. The van der Waals surface area contributed by atoms with Gasteiger partial charge in [-0.15, -0.1) is 0 Å². The molecule has 2 heteroatoms. The van der Waals surface area contributed by atoms with Crippen LogP contribution in [0.25, 0.3) is 0 Å². The van der Waals surface area contributed by atoms with Crippen LogP contribution in [-0.2, 0) is 28.0 Å². The summed E-state index contributed by atoms with van der Waals surface area (Å²) in [5.41, 5.74) is 5.70. The Morgan fingerprint density at radius 2 is 2.00 bits per heavy atom. The quantitative estimate of drug-likeness (QED) is 0.716. The van der Waals surface area contributed by atoms with Crippen LogP contribution in [0, 0.1) is 11.3 Å². The number of rotatable bonds is 4. The van der Waals surface area contributed by atoms with Crippen molar-refractivity contribution in [1.29, 1.82) is 0 Å². The van der Waals surface area contributed by atoms with E-state index in [1.165, 1.54) is 28.7 Å². The minimum Gasteiger partial charge on any atom is -0.380 e. The number of carbonyl (C=O) groups excluding carboxylic acids is 1. The van der Waals surface area contributed by atoms with Gasteiger partial charge in [0.05, 0.1) is 6.61 Å². The SMILES string of the molecule is COCc1cc2c(cc1C(C)C)CCC1C(C)(C(C)=O)CCCC21C. The van der Waals surface area contributed by atoms with Crippen LogP contribution in [0.15, 0.2) is 12.1 Å². The van der Waals surface area contributed by atoms with Crippen LogP contribution < -0.4 is 0 Å². The average Bonchev–Trinajstić information content (AvgIpc) is 2.54. The first kappa shape index (κ1) is 18.6. The van der Waals surface area contributed by atoms with Crippen LogP contribution in [0.5, 0.6) is 0 Å². The van der Waals surface area contributed by atoms with Crippen molar-refractivity contribution in [2.75, 3.05) is 7.11 Å². The van der Waals surface area contributed by atoms with Gasteiger partial charge in [-0.2, -0.15) is 0 Å². The number of ketones is 1. The standard InChI is InChI=1S/C23H34O2/c1-15(2)19-12-17-8-9-21-22(4,16(3)24)10-7-11-23(21,5)20(17)13-18(19)14-25-6/h12-13,15,21H,7-11,14H2,1-6H3. The first-order chi connectivity index (χ1) is 11.7. The fraction of sp³-hybridized carbons (Fsp3) is 0.696. The molecule has 25 heavy (non-hydrogen) atoms. The van der Waals surface area contributed by atoms with Crippen LogP contribution in [0.1, 0.15) is 88.5 Å². The van der Waals surface area contributed by atoms with E-state index >= 15 is 0 Å². The van der Waals surface area contributed by atoms with E-state index in [4.69, 9.17) is 4.74 Å². The summed E-state index contributed by atoms with van der Waals surface area (Å²) >= 11 is 0. The number of benzene rings is 1. The number of hydrogen-bond donors (Lipinski definition) is 0. The maximum atomic E-state index is 12.5.